The van der Waals surface area contributed by atoms with Crippen LogP contribution in [0.3, 0.4) is 0 Å². The minimum atomic E-state index is -2.42. The molecule has 0 aromatic carbocycles. The summed E-state index contributed by atoms with van der Waals surface area (Å²) >= 11 is 0. The van der Waals surface area contributed by atoms with Crippen molar-refractivity contribution in [3.05, 3.63) is 0 Å². The molecule has 4 nitrogen and oxygen atoms in total. The topological polar surface area (TPSA) is 49.8 Å². The van der Waals surface area contributed by atoms with Gasteiger partial charge in [0.2, 0.25) is 0 Å². The summed E-state index contributed by atoms with van der Waals surface area (Å²) in [6.07, 6.45) is 3.61. The highest BCUT2D eigenvalue weighted by Gasteiger charge is 2.17. The third kappa shape index (κ3) is 3.77. The van der Waals surface area contributed by atoms with Gasteiger partial charge >= 0.3 is 8.25 Å². The molecule has 0 aromatic heterocycles. The minimum absolute atomic E-state index is 0.297. The molecule has 1 heterocycles. The summed E-state index contributed by atoms with van der Waals surface area (Å²) in [6.45, 7) is 2.28. The molecule has 0 saturated carbocycles. The zero-order valence-corrected chi connectivity index (χ0v) is 7.30. The number of hydrogen-bond acceptors (Lipinski definition) is 3. The van der Waals surface area contributed by atoms with Crippen LogP contribution in [0.5, 0.6) is 0 Å². The predicted molar refractivity (Wildman–Crippen MR) is 41.2 cm³/mol. The van der Waals surface area contributed by atoms with Crippen molar-refractivity contribution in [2.24, 2.45) is 0 Å². The number of rotatable bonds is 3. The van der Waals surface area contributed by atoms with Crippen LogP contribution in [-0.4, -0.2) is 29.6 Å². The molecular formula is C6H13NO3P+. The van der Waals surface area contributed by atoms with Crippen LogP contribution in [0, 0.1) is 0 Å². The van der Waals surface area contributed by atoms with Crippen molar-refractivity contribution in [2.45, 2.75) is 19.3 Å². The lowest BCUT2D eigenvalue weighted by molar-refractivity contribution is 0.103. The second-order valence-electron chi connectivity index (χ2n) is 2.67. The van der Waals surface area contributed by atoms with Gasteiger partial charge < -0.3 is 0 Å². The molecule has 1 unspecified atom stereocenters. The van der Waals surface area contributed by atoms with Crippen LogP contribution in [0.25, 0.3) is 0 Å². The van der Waals surface area contributed by atoms with Crippen LogP contribution in [0.1, 0.15) is 19.3 Å². The largest absolute Gasteiger partial charge is 0.696 e. The lowest BCUT2D eigenvalue weighted by atomic mass is 10.1. The molecule has 64 valence electrons. The van der Waals surface area contributed by atoms with Crippen LogP contribution in [0.4, 0.5) is 0 Å². The van der Waals surface area contributed by atoms with E-state index in [1.807, 2.05) is 4.90 Å². The Balaban J connectivity index is 2.09. The first-order chi connectivity index (χ1) is 5.29. The Kier molecular flexibility index (Phi) is 3.94. The molecule has 1 aliphatic rings. The molecule has 0 aromatic rings. The van der Waals surface area contributed by atoms with Crippen molar-refractivity contribution in [3.63, 3.8) is 0 Å². The van der Waals surface area contributed by atoms with E-state index >= 15 is 0 Å². The smallest absolute Gasteiger partial charge is 0.277 e. The summed E-state index contributed by atoms with van der Waals surface area (Å²) in [6, 6.07) is 0. The first kappa shape index (κ1) is 9.07. The van der Waals surface area contributed by atoms with Crippen LogP contribution in [0.15, 0.2) is 0 Å². The standard InChI is InChI=1S/C6H12NO3P/c8-11(9)10-6-7-4-2-1-3-5-7/h1-6H2/p+1. The Labute approximate surface area is 67.1 Å². The maximum atomic E-state index is 10.1. The summed E-state index contributed by atoms with van der Waals surface area (Å²) in [5, 5.41) is 0. The molecule has 1 atom stereocenters. The van der Waals surface area contributed by atoms with Gasteiger partial charge in [-0.2, -0.15) is 0 Å². The Bertz CT molecular complexity index is 136. The summed E-state index contributed by atoms with van der Waals surface area (Å²) in [7, 11) is -2.42. The van der Waals surface area contributed by atoms with Crippen molar-refractivity contribution in [1.82, 2.24) is 4.90 Å². The monoisotopic (exact) mass is 178 g/mol. The fourth-order valence-electron chi connectivity index (χ4n) is 1.22. The van der Waals surface area contributed by atoms with Crippen molar-refractivity contribution in [1.29, 1.82) is 0 Å². The second kappa shape index (κ2) is 4.78. The van der Waals surface area contributed by atoms with E-state index in [2.05, 4.69) is 4.52 Å². The Morgan fingerprint density at radius 3 is 2.55 bits per heavy atom. The van der Waals surface area contributed by atoms with Gasteiger partial charge in [-0.25, -0.2) is 0 Å². The summed E-state index contributed by atoms with van der Waals surface area (Å²) < 4.78 is 14.7. The average Bonchev–Trinajstić information content (AvgIpc) is 2.03. The summed E-state index contributed by atoms with van der Waals surface area (Å²) in [5.74, 6) is 0. The number of nitrogens with zero attached hydrogens (tertiary/aromatic N) is 1. The van der Waals surface area contributed by atoms with E-state index < -0.39 is 8.25 Å². The van der Waals surface area contributed by atoms with Crippen molar-refractivity contribution in [2.75, 3.05) is 19.8 Å². The predicted octanol–water partition coefficient (Wildman–Crippen LogP) is 1.10. The quantitative estimate of drug-likeness (QED) is 0.657. The first-order valence-corrected chi connectivity index (χ1v) is 4.93. The molecule has 0 spiro atoms. The summed E-state index contributed by atoms with van der Waals surface area (Å²) in [5.41, 5.74) is 0. The van der Waals surface area contributed by atoms with Gasteiger partial charge in [-0.05, 0) is 12.8 Å². The van der Waals surface area contributed by atoms with Gasteiger partial charge in [-0.15, -0.1) is 9.42 Å². The van der Waals surface area contributed by atoms with Gasteiger partial charge in [-0.3, -0.25) is 4.90 Å². The van der Waals surface area contributed by atoms with Crippen molar-refractivity contribution in [3.8, 4) is 0 Å². The fourth-order valence-corrected chi connectivity index (χ4v) is 1.48. The molecule has 0 amide bonds. The molecule has 0 bridgehead atoms. The Hall–Kier alpha value is -0.0200. The van der Waals surface area contributed by atoms with Gasteiger partial charge in [0, 0.05) is 17.7 Å². The molecule has 1 N–H and O–H groups in total. The molecule has 0 radical (unpaired) electrons. The first-order valence-electron chi connectivity index (χ1n) is 3.80. The maximum Gasteiger partial charge on any atom is 0.696 e. The fraction of sp³-hybridized carbons (Fsp3) is 1.00. The van der Waals surface area contributed by atoms with E-state index in [0.717, 1.165) is 13.1 Å². The van der Waals surface area contributed by atoms with E-state index in [4.69, 9.17) is 4.89 Å². The SMILES string of the molecule is O=[P+](O)OCN1CCCCC1. The molecule has 1 saturated heterocycles. The van der Waals surface area contributed by atoms with Crippen LogP contribution < -0.4 is 0 Å². The third-order valence-corrected chi connectivity index (χ3v) is 2.14. The molecule has 1 fully saturated rings. The van der Waals surface area contributed by atoms with Gasteiger partial charge in [0.15, 0.2) is 6.73 Å². The van der Waals surface area contributed by atoms with Gasteiger partial charge in [0.25, 0.3) is 0 Å². The van der Waals surface area contributed by atoms with E-state index in [0.29, 0.717) is 6.73 Å². The zero-order chi connectivity index (χ0) is 8.10. The highest BCUT2D eigenvalue weighted by atomic mass is 31.1. The second-order valence-corrected chi connectivity index (χ2v) is 3.41. The van der Waals surface area contributed by atoms with Gasteiger partial charge in [0.1, 0.15) is 0 Å². The van der Waals surface area contributed by atoms with Crippen molar-refractivity contribution < 1.29 is 14.0 Å². The maximum absolute atomic E-state index is 10.1. The van der Waals surface area contributed by atoms with Gasteiger partial charge in [-0.1, -0.05) is 6.42 Å². The zero-order valence-electron chi connectivity index (χ0n) is 6.40. The van der Waals surface area contributed by atoms with Gasteiger partial charge in [0.05, 0.1) is 0 Å². The summed E-state index contributed by atoms with van der Waals surface area (Å²) in [4.78, 5) is 10.4. The van der Waals surface area contributed by atoms with E-state index in [1.165, 1.54) is 19.3 Å². The lowest BCUT2D eigenvalue weighted by Gasteiger charge is -2.23. The molecule has 1 rings (SSSR count). The molecule has 5 heteroatoms. The van der Waals surface area contributed by atoms with Crippen LogP contribution in [-0.2, 0) is 9.09 Å². The highest BCUT2D eigenvalue weighted by Crippen LogP contribution is 2.16. The van der Waals surface area contributed by atoms with Crippen molar-refractivity contribution >= 4 is 8.25 Å². The highest BCUT2D eigenvalue weighted by molar-refractivity contribution is 7.32. The normalized spacial score (nSPS) is 21.7. The van der Waals surface area contributed by atoms with E-state index in [9.17, 15) is 4.57 Å². The number of likely N-dealkylation sites (tertiary alicyclic amines) is 1. The van der Waals surface area contributed by atoms with Crippen LogP contribution in [0.2, 0.25) is 0 Å². The van der Waals surface area contributed by atoms with E-state index in [1.54, 1.807) is 0 Å². The molecule has 11 heavy (non-hydrogen) atoms. The molecule has 1 aliphatic heterocycles. The third-order valence-electron chi connectivity index (χ3n) is 1.80. The molecular weight excluding hydrogens is 165 g/mol. The Morgan fingerprint density at radius 2 is 2.00 bits per heavy atom. The number of piperidine rings is 1. The average molecular weight is 178 g/mol. The lowest BCUT2D eigenvalue weighted by Crippen LogP contribution is -2.30. The van der Waals surface area contributed by atoms with E-state index in [-0.39, 0.29) is 0 Å². The van der Waals surface area contributed by atoms with Crippen LogP contribution >= 0.6 is 8.25 Å². The minimum Gasteiger partial charge on any atom is -0.277 e. The molecule has 0 aliphatic carbocycles. The Morgan fingerprint density at radius 1 is 1.36 bits per heavy atom. The number of hydrogen-bond donors (Lipinski definition) is 1.